The van der Waals surface area contributed by atoms with Crippen LogP contribution in [0.25, 0.3) is 54.1 Å². The Labute approximate surface area is 266 Å². The third-order valence-corrected chi connectivity index (χ3v) is 8.93. The summed E-state index contributed by atoms with van der Waals surface area (Å²) in [6, 6.07) is 20.3. The zero-order valence-corrected chi connectivity index (χ0v) is 27.4. The number of fused-ring (bicyclic) bond motifs is 2. The van der Waals surface area contributed by atoms with Crippen molar-refractivity contribution in [3.8, 4) is 33.0 Å². The van der Waals surface area contributed by atoms with Crippen LogP contribution in [0.1, 0.15) is 58.3 Å². The lowest BCUT2D eigenvalue weighted by atomic mass is 9.90. The lowest BCUT2D eigenvalue weighted by Gasteiger charge is -2.29. The molecule has 0 N–H and O–H groups in total. The summed E-state index contributed by atoms with van der Waals surface area (Å²) in [6.07, 6.45) is 4.06. The van der Waals surface area contributed by atoms with Crippen molar-refractivity contribution in [1.82, 2.24) is 19.7 Å². The molecule has 3 aromatic carbocycles. The number of pyridine rings is 1. The Hall–Kier alpha value is -3.91. The average molecular weight is 623 g/mol. The fourth-order valence-electron chi connectivity index (χ4n) is 5.63. The molecule has 6 aromatic rings. The van der Waals surface area contributed by atoms with Crippen molar-refractivity contribution in [1.29, 1.82) is 0 Å². The largest absolute Gasteiger partial charge is 0.360 e. The fourth-order valence-corrected chi connectivity index (χ4v) is 6.88. The van der Waals surface area contributed by atoms with Crippen LogP contribution in [0.4, 0.5) is 0 Å². The Morgan fingerprint density at radius 3 is 2.48 bits per heavy atom. The molecule has 0 saturated heterocycles. The monoisotopic (exact) mass is 622 g/mol. The van der Waals surface area contributed by atoms with Crippen molar-refractivity contribution in [3.05, 3.63) is 89.2 Å². The standard InChI is InChI=1S/C36H35ClN4O2S/c1-7-16-41-30-13-10-24(18-26(30)20-39-41)28-19-25(14-15-38-28)35-40-29-17-21(2)31(33(22(3)42)43-36(4,5)6)32(34(29)44-35)23-8-11-27(37)12-9-23/h8-15,17-20,33H,7,16H2,1-6H3/t33-/m1/s1. The molecule has 6 nitrogen and oxygen atoms in total. The number of aryl methyl sites for hydroxylation is 2. The number of hydrogen-bond acceptors (Lipinski definition) is 6. The van der Waals surface area contributed by atoms with Crippen LogP contribution in [0.15, 0.2) is 73.1 Å². The number of aromatic nitrogens is 4. The Balaban J connectivity index is 1.49. The first-order valence-corrected chi connectivity index (χ1v) is 16.0. The normalized spacial score (nSPS) is 12.7. The predicted molar refractivity (Wildman–Crippen MR) is 181 cm³/mol. The number of thiazole rings is 1. The smallest absolute Gasteiger partial charge is 0.163 e. The molecule has 1 atom stereocenters. The molecule has 8 heteroatoms. The molecule has 0 radical (unpaired) electrons. The van der Waals surface area contributed by atoms with E-state index >= 15 is 0 Å². The van der Waals surface area contributed by atoms with Gasteiger partial charge in [-0.05, 0) is 94.6 Å². The number of ether oxygens (including phenoxy) is 1. The number of nitrogens with zero attached hydrogens (tertiary/aromatic N) is 4. The molecule has 0 aliphatic heterocycles. The van der Waals surface area contributed by atoms with Crippen LogP contribution in [-0.4, -0.2) is 31.1 Å². The van der Waals surface area contributed by atoms with Crippen LogP contribution in [0.3, 0.4) is 0 Å². The van der Waals surface area contributed by atoms with Crippen LogP contribution in [0.5, 0.6) is 0 Å². The zero-order valence-electron chi connectivity index (χ0n) is 25.8. The third kappa shape index (κ3) is 5.92. The minimum atomic E-state index is -0.722. The maximum Gasteiger partial charge on any atom is 0.163 e. The van der Waals surface area contributed by atoms with Crippen molar-refractivity contribution < 1.29 is 9.53 Å². The van der Waals surface area contributed by atoms with Gasteiger partial charge in [-0.25, -0.2) is 4.98 Å². The van der Waals surface area contributed by atoms with E-state index in [1.165, 1.54) is 0 Å². The molecule has 3 heterocycles. The summed E-state index contributed by atoms with van der Waals surface area (Å²) >= 11 is 7.90. The number of carbonyl (C=O) groups is 1. The third-order valence-electron chi connectivity index (χ3n) is 7.54. The number of halogens is 1. The first-order valence-electron chi connectivity index (χ1n) is 14.8. The second kappa shape index (κ2) is 11.9. The van der Waals surface area contributed by atoms with Crippen molar-refractivity contribution in [2.24, 2.45) is 0 Å². The molecule has 0 spiro atoms. The summed E-state index contributed by atoms with van der Waals surface area (Å²) in [5.74, 6) is -0.0432. The molecule has 0 bridgehead atoms. The van der Waals surface area contributed by atoms with Gasteiger partial charge in [0.15, 0.2) is 5.78 Å². The van der Waals surface area contributed by atoms with E-state index in [-0.39, 0.29) is 5.78 Å². The van der Waals surface area contributed by atoms with Gasteiger partial charge in [0, 0.05) is 45.4 Å². The van der Waals surface area contributed by atoms with Gasteiger partial charge in [-0.15, -0.1) is 11.3 Å². The number of ketones is 1. The molecule has 0 unspecified atom stereocenters. The molecule has 0 saturated carbocycles. The van der Waals surface area contributed by atoms with E-state index in [1.807, 2.05) is 75.1 Å². The van der Waals surface area contributed by atoms with Gasteiger partial charge in [0.05, 0.1) is 33.2 Å². The van der Waals surface area contributed by atoms with Gasteiger partial charge >= 0.3 is 0 Å². The highest BCUT2D eigenvalue weighted by molar-refractivity contribution is 7.22. The van der Waals surface area contributed by atoms with Crippen molar-refractivity contribution in [3.63, 3.8) is 0 Å². The first-order chi connectivity index (χ1) is 21.0. The summed E-state index contributed by atoms with van der Waals surface area (Å²) in [5, 5.41) is 7.18. The minimum Gasteiger partial charge on any atom is -0.360 e. The van der Waals surface area contributed by atoms with Gasteiger partial charge in [0.1, 0.15) is 11.1 Å². The second-order valence-electron chi connectivity index (χ2n) is 12.1. The van der Waals surface area contributed by atoms with Crippen LogP contribution < -0.4 is 0 Å². The summed E-state index contributed by atoms with van der Waals surface area (Å²) < 4.78 is 9.44. The van der Waals surface area contributed by atoms with Gasteiger partial charge < -0.3 is 4.74 Å². The molecule has 0 fully saturated rings. The van der Waals surface area contributed by atoms with Crippen molar-refractivity contribution >= 4 is 49.8 Å². The Morgan fingerprint density at radius 2 is 1.77 bits per heavy atom. The van der Waals surface area contributed by atoms with E-state index in [4.69, 9.17) is 26.3 Å². The van der Waals surface area contributed by atoms with Gasteiger partial charge in [-0.3, -0.25) is 14.5 Å². The molecule has 44 heavy (non-hydrogen) atoms. The number of carbonyl (C=O) groups excluding carboxylic acids is 1. The van der Waals surface area contributed by atoms with Gasteiger partial charge in [-0.2, -0.15) is 5.10 Å². The summed E-state index contributed by atoms with van der Waals surface area (Å²) in [4.78, 5) is 22.9. The van der Waals surface area contributed by atoms with E-state index in [0.717, 1.165) is 78.2 Å². The highest BCUT2D eigenvalue weighted by atomic mass is 35.5. The molecule has 0 amide bonds. The van der Waals surface area contributed by atoms with E-state index in [2.05, 4.69) is 42.4 Å². The number of rotatable bonds is 8. The zero-order chi connectivity index (χ0) is 31.2. The molecule has 3 aromatic heterocycles. The van der Waals surface area contributed by atoms with Crippen LogP contribution in [0.2, 0.25) is 5.02 Å². The Morgan fingerprint density at radius 1 is 1.02 bits per heavy atom. The Bertz CT molecular complexity index is 2000. The van der Waals surface area contributed by atoms with Gasteiger partial charge in [0.25, 0.3) is 0 Å². The molecule has 224 valence electrons. The highest BCUT2D eigenvalue weighted by Gasteiger charge is 2.30. The lowest BCUT2D eigenvalue weighted by molar-refractivity contribution is -0.138. The first kappa shape index (κ1) is 30.1. The number of Topliss-reactive ketones (excluding diaryl/α,β-unsaturated/α-hetero) is 1. The van der Waals surface area contributed by atoms with Crippen molar-refractivity contribution in [2.75, 3.05) is 0 Å². The second-order valence-corrected chi connectivity index (χ2v) is 13.6. The topological polar surface area (TPSA) is 69.9 Å². The summed E-state index contributed by atoms with van der Waals surface area (Å²) in [5.41, 5.74) is 8.10. The van der Waals surface area contributed by atoms with Gasteiger partial charge in [0.2, 0.25) is 0 Å². The number of benzene rings is 3. The van der Waals surface area contributed by atoms with Crippen LogP contribution in [-0.2, 0) is 16.1 Å². The molecular formula is C36H35ClN4O2S. The van der Waals surface area contributed by atoms with E-state index in [9.17, 15) is 4.79 Å². The lowest BCUT2D eigenvalue weighted by Crippen LogP contribution is -2.27. The van der Waals surface area contributed by atoms with Crippen LogP contribution >= 0.6 is 22.9 Å². The molecule has 6 rings (SSSR count). The van der Waals surface area contributed by atoms with E-state index in [0.29, 0.717) is 5.02 Å². The summed E-state index contributed by atoms with van der Waals surface area (Å²) in [6.45, 7) is 12.6. The van der Waals surface area contributed by atoms with E-state index in [1.54, 1.807) is 18.3 Å². The summed E-state index contributed by atoms with van der Waals surface area (Å²) in [7, 11) is 0. The van der Waals surface area contributed by atoms with Crippen molar-refractivity contribution in [2.45, 2.75) is 66.2 Å². The van der Waals surface area contributed by atoms with E-state index < -0.39 is 11.7 Å². The number of hydrogen-bond donors (Lipinski definition) is 0. The maximum absolute atomic E-state index is 13.1. The Kier molecular flexibility index (Phi) is 8.14. The molecule has 0 aliphatic carbocycles. The highest BCUT2D eigenvalue weighted by Crippen LogP contribution is 2.44. The molecular weight excluding hydrogens is 588 g/mol. The average Bonchev–Trinajstić information content (AvgIpc) is 3.59. The van der Waals surface area contributed by atoms with Crippen LogP contribution in [0, 0.1) is 6.92 Å². The molecule has 0 aliphatic rings. The minimum absolute atomic E-state index is 0.0432. The van der Waals surface area contributed by atoms with Gasteiger partial charge in [-0.1, -0.05) is 36.7 Å². The fraction of sp³-hybridized carbons (Fsp3) is 0.278. The SMILES string of the molecule is CCCn1ncc2cc(-c3cc(-c4nc5cc(C)c([C@H](OC(C)(C)C)C(C)=O)c(-c6ccc(Cl)cc6)c5s4)ccn3)ccc21. The quantitative estimate of drug-likeness (QED) is 0.169. The maximum atomic E-state index is 13.1. The predicted octanol–water partition coefficient (Wildman–Crippen LogP) is 9.86.